The molecular formula is C10H17NO2. The van der Waals surface area contributed by atoms with Crippen molar-refractivity contribution in [2.24, 2.45) is 5.41 Å². The van der Waals surface area contributed by atoms with Crippen molar-refractivity contribution in [2.75, 3.05) is 19.6 Å². The minimum absolute atomic E-state index is 0.526. The highest BCUT2D eigenvalue weighted by Gasteiger charge is 2.39. The van der Waals surface area contributed by atoms with Crippen LogP contribution in [0.2, 0.25) is 0 Å². The van der Waals surface area contributed by atoms with Gasteiger partial charge in [-0.1, -0.05) is 12.2 Å². The van der Waals surface area contributed by atoms with Crippen molar-refractivity contribution in [1.82, 2.24) is 4.90 Å². The van der Waals surface area contributed by atoms with Gasteiger partial charge < -0.3 is 5.11 Å². The van der Waals surface area contributed by atoms with E-state index < -0.39 is 11.4 Å². The van der Waals surface area contributed by atoms with E-state index in [1.807, 2.05) is 19.9 Å². The maximum Gasteiger partial charge on any atom is 0.310 e. The fraction of sp³-hybridized carbons (Fsp3) is 0.700. The average molecular weight is 183 g/mol. The summed E-state index contributed by atoms with van der Waals surface area (Å²) in [5.74, 6) is -0.671. The second kappa shape index (κ2) is 3.92. The van der Waals surface area contributed by atoms with Crippen LogP contribution in [0.4, 0.5) is 0 Å². The lowest BCUT2D eigenvalue weighted by atomic mass is 9.90. The summed E-state index contributed by atoms with van der Waals surface area (Å²) in [7, 11) is 0. The number of aliphatic carboxylic acids is 1. The lowest BCUT2D eigenvalue weighted by Gasteiger charge is -2.18. The summed E-state index contributed by atoms with van der Waals surface area (Å²) in [5.41, 5.74) is -0.526. The van der Waals surface area contributed by atoms with Gasteiger partial charge >= 0.3 is 5.97 Å². The molecule has 1 heterocycles. The van der Waals surface area contributed by atoms with E-state index in [2.05, 4.69) is 11.0 Å². The third-order valence-corrected chi connectivity index (χ3v) is 2.67. The topological polar surface area (TPSA) is 40.5 Å². The van der Waals surface area contributed by atoms with Gasteiger partial charge in [0.2, 0.25) is 0 Å². The predicted octanol–water partition coefficient (Wildman–Crippen LogP) is 1.36. The van der Waals surface area contributed by atoms with Crippen LogP contribution in [0.1, 0.15) is 20.3 Å². The fourth-order valence-corrected chi connectivity index (χ4v) is 1.64. The minimum Gasteiger partial charge on any atom is -0.481 e. The number of carbonyl (C=O) groups is 1. The molecule has 0 aromatic rings. The second-order valence-electron chi connectivity index (χ2n) is 3.92. The molecule has 74 valence electrons. The quantitative estimate of drug-likeness (QED) is 0.672. The van der Waals surface area contributed by atoms with Gasteiger partial charge in [0, 0.05) is 13.1 Å². The number of carboxylic acid groups (broad SMARTS) is 1. The van der Waals surface area contributed by atoms with E-state index in [1.165, 1.54) is 0 Å². The van der Waals surface area contributed by atoms with Crippen LogP contribution in [0, 0.1) is 5.41 Å². The first kappa shape index (κ1) is 10.3. The number of likely N-dealkylation sites (tertiary alicyclic amines) is 1. The number of nitrogens with zero attached hydrogens (tertiary/aromatic N) is 1. The number of carboxylic acids is 1. The maximum atomic E-state index is 10.9. The molecule has 1 saturated heterocycles. The Bertz CT molecular complexity index is 225. The average Bonchev–Trinajstić information content (AvgIpc) is 2.45. The van der Waals surface area contributed by atoms with Crippen LogP contribution in [0.3, 0.4) is 0 Å². The summed E-state index contributed by atoms with van der Waals surface area (Å²) >= 11 is 0. The molecule has 1 rings (SSSR count). The van der Waals surface area contributed by atoms with Crippen LogP contribution in [0.15, 0.2) is 12.2 Å². The van der Waals surface area contributed by atoms with E-state index in [9.17, 15) is 4.79 Å². The molecule has 0 saturated carbocycles. The van der Waals surface area contributed by atoms with E-state index in [1.54, 1.807) is 0 Å². The molecule has 0 aliphatic carbocycles. The van der Waals surface area contributed by atoms with Gasteiger partial charge in [-0.15, -0.1) is 0 Å². The van der Waals surface area contributed by atoms with Crippen LogP contribution < -0.4 is 0 Å². The first-order chi connectivity index (χ1) is 6.08. The minimum atomic E-state index is -0.671. The molecule has 0 radical (unpaired) electrons. The lowest BCUT2D eigenvalue weighted by Crippen LogP contribution is -2.31. The molecule has 3 nitrogen and oxygen atoms in total. The highest BCUT2D eigenvalue weighted by molar-refractivity contribution is 5.74. The van der Waals surface area contributed by atoms with Gasteiger partial charge in [0.15, 0.2) is 0 Å². The number of allylic oxidation sites excluding steroid dienone is 1. The van der Waals surface area contributed by atoms with Gasteiger partial charge in [-0.05, 0) is 26.8 Å². The zero-order chi connectivity index (χ0) is 9.90. The first-order valence-electron chi connectivity index (χ1n) is 4.65. The summed E-state index contributed by atoms with van der Waals surface area (Å²) < 4.78 is 0. The summed E-state index contributed by atoms with van der Waals surface area (Å²) in [6.07, 6.45) is 4.82. The standard InChI is InChI=1S/C10H17NO2/c1-3-4-6-11-7-5-10(2,8-11)9(12)13/h3-4H,5-8H2,1-2H3,(H,12,13). The molecule has 3 heteroatoms. The van der Waals surface area contributed by atoms with E-state index in [4.69, 9.17) is 5.11 Å². The molecule has 0 spiro atoms. The molecule has 1 aliphatic rings. The van der Waals surface area contributed by atoms with Crippen LogP contribution >= 0.6 is 0 Å². The van der Waals surface area contributed by atoms with Gasteiger partial charge in [0.25, 0.3) is 0 Å². The summed E-state index contributed by atoms with van der Waals surface area (Å²) in [6.45, 7) is 6.25. The Hall–Kier alpha value is -0.830. The third kappa shape index (κ3) is 2.31. The van der Waals surface area contributed by atoms with E-state index >= 15 is 0 Å². The number of hydrogen-bond donors (Lipinski definition) is 1. The number of rotatable bonds is 3. The Morgan fingerprint density at radius 2 is 2.38 bits per heavy atom. The molecule has 0 bridgehead atoms. The molecule has 1 unspecified atom stereocenters. The van der Waals surface area contributed by atoms with Crippen LogP contribution in [-0.4, -0.2) is 35.6 Å². The lowest BCUT2D eigenvalue weighted by molar-refractivity contribution is -0.147. The van der Waals surface area contributed by atoms with Gasteiger partial charge in [-0.2, -0.15) is 0 Å². The predicted molar refractivity (Wildman–Crippen MR) is 51.6 cm³/mol. The van der Waals surface area contributed by atoms with Crippen molar-refractivity contribution in [3.63, 3.8) is 0 Å². The zero-order valence-corrected chi connectivity index (χ0v) is 8.29. The van der Waals surface area contributed by atoms with Crippen molar-refractivity contribution < 1.29 is 9.90 Å². The highest BCUT2D eigenvalue weighted by atomic mass is 16.4. The molecule has 1 atom stereocenters. The highest BCUT2D eigenvalue weighted by Crippen LogP contribution is 2.29. The van der Waals surface area contributed by atoms with Crippen molar-refractivity contribution in [3.8, 4) is 0 Å². The van der Waals surface area contributed by atoms with Gasteiger partial charge in [-0.25, -0.2) is 0 Å². The first-order valence-corrected chi connectivity index (χ1v) is 4.65. The summed E-state index contributed by atoms with van der Waals surface area (Å²) in [6, 6.07) is 0. The van der Waals surface area contributed by atoms with E-state index in [0.29, 0.717) is 6.54 Å². The molecule has 0 amide bonds. The molecule has 0 aromatic heterocycles. The molecule has 1 N–H and O–H groups in total. The molecule has 0 aromatic carbocycles. The Morgan fingerprint density at radius 3 is 2.85 bits per heavy atom. The van der Waals surface area contributed by atoms with E-state index in [0.717, 1.165) is 19.5 Å². The van der Waals surface area contributed by atoms with Crippen molar-refractivity contribution in [1.29, 1.82) is 0 Å². The van der Waals surface area contributed by atoms with Gasteiger partial charge in [0.1, 0.15) is 0 Å². The smallest absolute Gasteiger partial charge is 0.310 e. The van der Waals surface area contributed by atoms with Crippen molar-refractivity contribution >= 4 is 5.97 Å². The summed E-state index contributed by atoms with van der Waals surface area (Å²) in [5, 5.41) is 8.97. The largest absolute Gasteiger partial charge is 0.481 e. The van der Waals surface area contributed by atoms with Crippen LogP contribution in [0.25, 0.3) is 0 Å². The Morgan fingerprint density at radius 1 is 1.69 bits per heavy atom. The van der Waals surface area contributed by atoms with Crippen molar-refractivity contribution in [2.45, 2.75) is 20.3 Å². The zero-order valence-electron chi connectivity index (χ0n) is 8.29. The maximum absolute atomic E-state index is 10.9. The molecule has 1 fully saturated rings. The van der Waals surface area contributed by atoms with Crippen LogP contribution in [0.5, 0.6) is 0 Å². The van der Waals surface area contributed by atoms with Gasteiger partial charge in [0.05, 0.1) is 5.41 Å². The Kier molecular flexibility index (Phi) is 3.09. The van der Waals surface area contributed by atoms with Gasteiger partial charge in [-0.3, -0.25) is 9.69 Å². The Labute approximate surface area is 79.0 Å². The normalized spacial score (nSPS) is 30.0. The molecule has 1 aliphatic heterocycles. The van der Waals surface area contributed by atoms with Crippen LogP contribution in [-0.2, 0) is 4.79 Å². The fourth-order valence-electron chi connectivity index (χ4n) is 1.64. The molecule has 13 heavy (non-hydrogen) atoms. The second-order valence-corrected chi connectivity index (χ2v) is 3.92. The monoisotopic (exact) mass is 183 g/mol. The van der Waals surface area contributed by atoms with E-state index in [-0.39, 0.29) is 0 Å². The SMILES string of the molecule is CC=CCN1CCC(C)(C(=O)O)C1. The third-order valence-electron chi connectivity index (χ3n) is 2.67. The summed E-state index contributed by atoms with van der Waals surface area (Å²) in [4.78, 5) is 13.1. The van der Waals surface area contributed by atoms with Crippen molar-refractivity contribution in [3.05, 3.63) is 12.2 Å². The number of hydrogen-bond acceptors (Lipinski definition) is 2. The Balaban J connectivity index is 2.48. The molecular weight excluding hydrogens is 166 g/mol.